The molecule has 0 bridgehead atoms. The Kier molecular flexibility index (Phi) is 5.77. The second-order valence-corrected chi connectivity index (χ2v) is 10.8. The third-order valence-electron chi connectivity index (χ3n) is 6.17. The minimum Gasteiger partial charge on any atom is -0.395 e. The monoisotopic (exact) mass is 430 g/mol. The number of ether oxygens (including phenoxy) is 1. The Morgan fingerprint density at radius 2 is 1.67 bits per heavy atom. The van der Waals surface area contributed by atoms with Gasteiger partial charge in [0.15, 0.2) is 4.93 Å². The van der Waals surface area contributed by atoms with Crippen molar-refractivity contribution in [1.82, 2.24) is 0 Å². The minimum absolute atomic E-state index is 0.110. The first kappa shape index (κ1) is 21.8. The molecule has 0 aromatic heterocycles. The third-order valence-corrected chi connectivity index (χ3v) is 7.83. The molecule has 4 rings (SSSR count). The van der Waals surface area contributed by atoms with Crippen LogP contribution in [-0.4, -0.2) is 50.6 Å². The van der Waals surface area contributed by atoms with Gasteiger partial charge in [-0.1, -0.05) is 63.2 Å². The topological polar surface area (TPSA) is 90.2 Å². The van der Waals surface area contributed by atoms with E-state index < -0.39 is 28.5 Å². The zero-order valence-corrected chi connectivity index (χ0v) is 18.4. The summed E-state index contributed by atoms with van der Waals surface area (Å²) in [6.45, 7) is 6.59. The van der Waals surface area contributed by atoms with E-state index >= 15 is 0 Å². The maximum absolute atomic E-state index is 10.8. The van der Waals surface area contributed by atoms with Crippen LogP contribution in [0.4, 0.5) is 0 Å². The Labute approximate surface area is 181 Å². The van der Waals surface area contributed by atoms with Gasteiger partial charge in [0.2, 0.25) is 0 Å². The molecule has 1 spiro atoms. The summed E-state index contributed by atoms with van der Waals surface area (Å²) in [5.41, 5.74) is 5.44. The van der Waals surface area contributed by atoms with Crippen molar-refractivity contribution in [2.24, 2.45) is 0 Å². The van der Waals surface area contributed by atoms with Gasteiger partial charge in [0.05, 0.1) is 24.6 Å². The third kappa shape index (κ3) is 3.70. The fourth-order valence-electron chi connectivity index (χ4n) is 4.29. The van der Waals surface area contributed by atoms with Gasteiger partial charge in [0.25, 0.3) is 0 Å². The molecule has 2 aromatic carbocycles. The van der Waals surface area contributed by atoms with E-state index in [1.807, 2.05) is 12.1 Å². The number of hydrogen-bond donors (Lipinski definition) is 4. The molecule has 5 atom stereocenters. The first-order valence-corrected chi connectivity index (χ1v) is 11.2. The molecule has 2 aliphatic rings. The number of aliphatic hydroxyl groups is 4. The van der Waals surface area contributed by atoms with Crippen molar-refractivity contribution in [3.8, 4) is 0 Å². The van der Waals surface area contributed by atoms with Crippen LogP contribution in [0.3, 0.4) is 0 Å². The molecule has 6 heteroatoms. The molecule has 2 aromatic rings. The molecule has 0 unspecified atom stereocenters. The van der Waals surface area contributed by atoms with Gasteiger partial charge in [-0.2, -0.15) is 0 Å². The van der Waals surface area contributed by atoms with Crippen LogP contribution in [0.25, 0.3) is 0 Å². The number of thioether (sulfide) groups is 1. The predicted molar refractivity (Wildman–Crippen MR) is 117 cm³/mol. The summed E-state index contributed by atoms with van der Waals surface area (Å²) in [6, 6.07) is 14.7. The van der Waals surface area contributed by atoms with Crippen molar-refractivity contribution >= 4 is 11.8 Å². The maximum Gasteiger partial charge on any atom is 0.168 e. The summed E-state index contributed by atoms with van der Waals surface area (Å²) in [7, 11) is 0. The van der Waals surface area contributed by atoms with Crippen LogP contribution in [0.15, 0.2) is 42.5 Å². The Hall–Kier alpha value is -1.41. The molecule has 2 aliphatic heterocycles. The van der Waals surface area contributed by atoms with Crippen molar-refractivity contribution in [2.45, 2.75) is 67.7 Å². The smallest absolute Gasteiger partial charge is 0.168 e. The van der Waals surface area contributed by atoms with E-state index in [-0.39, 0.29) is 12.0 Å². The standard InChI is InChI=1S/C24H30O5S/c1-23(2,3)17-8-5-14(6-9-17)10-15-4-7-16-13-29-24(18(16)11-15)22(28)21(27)20(26)19(12-25)30-24/h4-9,11,19-22,25-28H,10,12-13H2,1-3H3/t19-,20-,21+,22-,24+/m1/s1. The lowest BCUT2D eigenvalue weighted by Crippen LogP contribution is -2.58. The molecule has 0 aliphatic carbocycles. The highest BCUT2D eigenvalue weighted by Crippen LogP contribution is 2.54. The lowest BCUT2D eigenvalue weighted by Gasteiger charge is -2.45. The van der Waals surface area contributed by atoms with E-state index in [9.17, 15) is 20.4 Å². The average Bonchev–Trinajstić information content (AvgIpc) is 3.08. The molecule has 1 fully saturated rings. The van der Waals surface area contributed by atoms with Crippen molar-refractivity contribution in [2.75, 3.05) is 6.61 Å². The molecule has 2 heterocycles. The lowest BCUT2D eigenvalue weighted by atomic mass is 9.86. The van der Waals surface area contributed by atoms with Gasteiger partial charge in [0.1, 0.15) is 12.2 Å². The Balaban J connectivity index is 1.63. The van der Waals surface area contributed by atoms with Crippen molar-refractivity contribution < 1.29 is 25.2 Å². The van der Waals surface area contributed by atoms with E-state index in [4.69, 9.17) is 4.74 Å². The molecule has 4 N–H and O–H groups in total. The van der Waals surface area contributed by atoms with Crippen LogP contribution in [0.1, 0.15) is 48.6 Å². The second kappa shape index (κ2) is 7.93. The van der Waals surface area contributed by atoms with Gasteiger partial charge in [-0.15, -0.1) is 11.8 Å². The summed E-state index contributed by atoms with van der Waals surface area (Å²) in [5, 5.41) is 40.4. The van der Waals surface area contributed by atoms with Crippen LogP contribution in [0.5, 0.6) is 0 Å². The largest absolute Gasteiger partial charge is 0.395 e. The molecule has 162 valence electrons. The molecule has 0 radical (unpaired) electrons. The SMILES string of the molecule is CC(C)(C)c1ccc(Cc2ccc3c(c2)[C@]2(OC3)S[C@H](CO)[C@@H](O)[C@H](O)[C@H]2O)cc1. The summed E-state index contributed by atoms with van der Waals surface area (Å²) >= 11 is 1.19. The fourth-order valence-corrected chi connectivity index (χ4v) is 5.84. The molecule has 1 saturated heterocycles. The zero-order valence-electron chi connectivity index (χ0n) is 17.6. The van der Waals surface area contributed by atoms with E-state index in [0.717, 1.165) is 23.1 Å². The Morgan fingerprint density at radius 1 is 1.00 bits per heavy atom. The van der Waals surface area contributed by atoms with Gasteiger partial charge in [-0.05, 0) is 34.1 Å². The van der Waals surface area contributed by atoms with Gasteiger partial charge in [-0.25, -0.2) is 0 Å². The lowest BCUT2D eigenvalue weighted by molar-refractivity contribution is -0.147. The summed E-state index contributed by atoms with van der Waals surface area (Å²) < 4.78 is 6.00. The molecular formula is C24H30O5S. The number of aliphatic hydroxyl groups excluding tert-OH is 4. The van der Waals surface area contributed by atoms with Crippen molar-refractivity contribution in [1.29, 1.82) is 0 Å². The zero-order chi connectivity index (χ0) is 21.7. The highest BCUT2D eigenvalue weighted by atomic mass is 32.2. The number of hydrogen-bond acceptors (Lipinski definition) is 6. The van der Waals surface area contributed by atoms with Crippen LogP contribution in [0.2, 0.25) is 0 Å². The fraction of sp³-hybridized carbons (Fsp3) is 0.500. The minimum atomic E-state index is -1.39. The van der Waals surface area contributed by atoms with Gasteiger partial charge < -0.3 is 25.2 Å². The molecular weight excluding hydrogens is 400 g/mol. The number of fused-ring (bicyclic) bond motifs is 2. The van der Waals surface area contributed by atoms with Gasteiger partial charge >= 0.3 is 0 Å². The highest BCUT2D eigenvalue weighted by Gasteiger charge is 2.57. The summed E-state index contributed by atoms with van der Waals surface area (Å²) in [5.74, 6) is 0. The summed E-state index contributed by atoms with van der Waals surface area (Å²) in [4.78, 5) is -1.19. The molecule has 5 nitrogen and oxygen atoms in total. The highest BCUT2D eigenvalue weighted by molar-refractivity contribution is 8.00. The molecule has 0 amide bonds. The maximum atomic E-state index is 10.8. The van der Waals surface area contributed by atoms with Crippen molar-refractivity contribution in [3.63, 3.8) is 0 Å². The second-order valence-electron chi connectivity index (χ2n) is 9.34. The van der Waals surface area contributed by atoms with E-state index in [0.29, 0.717) is 6.61 Å². The van der Waals surface area contributed by atoms with E-state index in [1.165, 1.54) is 22.9 Å². The van der Waals surface area contributed by atoms with Crippen LogP contribution < -0.4 is 0 Å². The van der Waals surface area contributed by atoms with Crippen LogP contribution >= 0.6 is 11.8 Å². The first-order valence-electron chi connectivity index (χ1n) is 10.3. The van der Waals surface area contributed by atoms with E-state index in [2.05, 4.69) is 51.1 Å². The van der Waals surface area contributed by atoms with Gasteiger partial charge in [-0.3, -0.25) is 0 Å². The van der Waals surface area contributed by atoms with Gasteiger partial charge in [0, 0.05) is 5.56 Å². The van der Waals surface area contributed by atoms with Crippen LogP contribution in [0, 0.1) is 0 Å². The molecule has 0 saturated carbocycles. The predicted octanol–water partition coefficient (Wildman–Crippen LogP) is 2.45. The van der Waals surface area contributed by atoms with E-state index in [1.54, 1.807) is 0 Å². The average molecular weight is 431 g/mol. The Morgan fingerprint density at radius 3 is 2.30 bits per heavy atom. The number of rotatable bonds is 3. The van der Waals surface area contributed by atoms with Crippen LogP contribution in [-0.2, 0) is 28.1 Å². The molecule has 30 heavy (non-hydrogen) atoms. The first-order chi connectivity index (χ1) is 14.2. The quantitative estimate of drug-likeness (QED) is 0.598. The number of benzene rings is 2. The van der Waals surface area contributed by atoms with Crippen molar-refractivity contribution in [3.05, 3.63) is 70.3 Å². The normalized spacial score (nSPS) is 31.2. The Bertz CT molecular complexity index is 905. The summed E-state index contributed by atoms with van der Waals surface area (Å²) in [6.07, 6.45) is -3.15.